The van der Waals surface area contributed by atoms with Crippen molar-refractivity contribution in [3.05, 3.63) is 35.7 Å². The van der Waals surface area contributed by atoms with Crippen molar-refractivity contribution in [2.75, 3.05) is 13.7 Å². The number of carbonyl (C=O) groups is 2. The Bertz CT molecular complexity index is 797. The fraction of sp³-hybridized carbons (Fsp3) is 0.500. The first-order valence-electron chi connectivity index (χ1n) is 8.45. The molecule has 1 aromatic heterocycles. The molecule has 0 spiro atoms. The van der Waals surface area contributed by atoms with Gasteiger partial charge in [-0.25, -0.2) is 14.3 Å². The molecule has 1 unspecified atom stereocenters. The maximum atomic E-state index is 12.6. The lowest BCUT2D eigenvalue weighted by molar-refractivity contribution is -0.168. The van der Waals surface area contributed by atoms with Gasteiger partial charge in [0.15, 0.2) is 12.6 Å². The number of carbonyl (C=O) groups excluding carboxylic acids is 2. The van der Waals surface area contributed by atoms with Gasteiger partial charge in [-0.3, -0.25) is 0 Å². The maximum absolute atomic E-state index is 12.6. The minimum Gasteiger partial charge on any atom is -0.497 e. The van der Waals surface area contributed by atoms with Gasteiger partial charge >= 0.3 is 11.9 Å². The molecule has 0 bridgehead atoms. The number of tetrazole rings is 1. The molecule has 27 heavy (non-hydrogen) atoms. The molecule has 1 aromatic carbocycles. The number of aryl methyl sites for hydroxylation is 1. The molecule has 0 amide bonds. The number of hydrogen-bond acceptors (Lipinski definition) is 8. The van der Waals surface area contributed by atoms with Crippen molar-refractivity contribution in [1.29, 1.82) is 0 Å². The van der Waals surface area contributed by atoms with E-state index in [0.29, 0.717) is 11.6 Å². The molecule has 0 aliphatic carbocycles. The second-order valence-corrected chi connectivity index (χ2v) is 6.94. The minimum atomic E-state index is -0.824. The molecule has 0 aliphatic rings. The first-order valence-corrected chi connectivity index (χ1v) is 8.45. The van der Waals surface area contributed by atoms with Gasteiger partial charge < -0.3 is 14.2 Å². The molecule has 0 saturated carbocycles. The quantitative estimate of drug-likeness (QED) is 0.672. The van der Waals surface area contributed by atoms with Gasteiger partial charge in [0.05, 0.1) is 7.11 Å². The standard InChI is InChI=1S/C18H24N4O5/c1-12-19-20-21-22(12)15(10-13-7-6-8-14(9-13)25-5)17(24)26-11-16(23)27-18(2,3)4/h6-9,15H,10-11H2,1-5H3. The largest absolute Gasteiger partial charge is 0.497 e. The number of ether oxygens (including phenoxy) is 3. The first-order chi connectivity index (χ1) is 12.7. The normalized spacial score (nSPS) is 12.3. The molecule has 1 atom stereocenters. The van der Waals surface area contributed by atoms with Crippen LogP contribution in [0.1, 0.15) is 38.2 Å². The summed E-state index contributed by atoms with van der Waals surface area (Å²) in [5, 5.41) is 11.3. The molecule has 0 N–H and O–H groups in total. The van der Waals surface area contributed by atoms with Crippen LogP contribution < -0.4 is 4.74 Å². The van der Waals surface area contributed by atoms with Gasteiger partial charge in [0.1, 0.15) is 17.2 Å². The van der Waals surface area contributed by atoms with E-state index in [-0.39, 0.29) is 6.42 Å². The smallest absolute Gasteiger partial charge is 0.344 e. The summed E-state index contributed by atoms with van der Waals surface area (Å²) in [7, 11) is 1.57. The van der Waals surface area contributed by atoms with Gasteiger partial charge in [0.25, 0.3) is 0 Å². The summed E-state index contributed by atoms with van der Waals surface area (Å²) in [4.78, 5) is 24.5. The lowest BCUT2D eigenvalue weighted by Crippen LogP contribution is -2.31. The van der Waals surface area contributed by atoms with Crippen molar-refractivity contribution in [2.24, 2.45) is 0 Å². The van der Waals surface area contributed by atoms with E-state index in [9.17, 15) is 9.59 Å². The van der Waals surface area contributed by atoms with E-state index in [2.05, 4.69) is 15.5 Å². The summed E-state index contributed by atoms with van der Waals surface area (Å²) in [6.45, 7) is 6.42. The second kappa shape index (κ2) is 8.61. The third-order valence-electron chi connectivity index (χ3n) is 3.54. The molecule has 0 aliphatic heterocycles. The van der Waals surface area contributed by atoms with E-state index < -0.39 is 30.2 Å². The summed E-state index contributed by atoms with van der Waals surface area (Å²) in [6.07, 6.45) is 0.274. The molecule has 2 rings (SSSR count). The van der Waals surface area contributed by atoms with E-state index in [1.807, 2.05) is 24.3 Å². The summed E-state index contributed by atoms with van der Waals surface area (Å²) < 4.78 is 16.9. The summed E-state index contributed by atoms with van der Waals surface area (Å²) in [5.41, 5.74) is 0.180. The molecule has 146 valence electrons. The predicted octanol–water partition coefficient (Wildman–Crippen LogP) is 1.66. The van der Waals surface area contributed by atoms with E-state index in [1.54, 1.807) is 34.8 Å². The third-order valence-corrected chi connectivity index (χ3v) is 3.54. The monoisotopic (exact) mass is 376 g/mol. The van der Waals surface area contributed by atoms with Crippen LogP contribution in [-0.4, -0.2) is 51.5 Å². The highest BCUT2D eigenvalue weighted by Crippen LogP contribution is 2.20. The predicted molar refractivity (Wildman–Crippen MR) is 95.1 cm³/mol. The number of benzene rings is 1. The Morgan fingerprint density at radius 3 is 2.59 bits per heavy atom. The maximum Gasteiger partial charge on any atom is 0.344 e. The van der Waals surface area contributed by atoms with Crippen LogP contribution >= 0.6 is 0 Å². The van der Waals surface area contributed by atoms with Crippen LogP contribution in [0.5, 0.6) is 5.75 Å². The number of hydrogen-bond donors (Lipinski definition) is 0. The van der Waals surface area contributed by atoms with Gasteiger partial charge in [-0.05, 0) is 55.8 Å². The summed E-state index contributed by atoms with van der Waals surface area (Å²) in [6, 6.07) is 6.48. The van der Waals surface area contributed by atoms with Crippen molar-refractivity contribution < 1.29 is 23.8 Å². The van der Waals surface area contributed by atoms with Crippen molar-refractivity contribution >= 4 is 11.9 Å². The van der Waals surface area contributed by atoms with E-state index >= 15 is 0 Å². The molecule has 0 radical (unpaired) electrons. The lowest BCUT2D eigenvalue weighted by atomic mass is 10.1. The third kappa shape index (κ3) is 6.05. The minimum absolute atomic E-state index is 0.274. The van der Waals surface area contributed by atoms with Crippen LogP contribution in [0.15, 0.2) is 24.3 Å². The lowest BCUT2D eigenvalue weighted by Gasteiger charge is -2.20. The Morgan fingerprint density at radius 2 is 2.00 bits per heavy atom. The first kappa shape index (κ1) is 20.3. The molecule has 1 heterocycles. The van der Waals surface area contributed by atoms with Crippen LogP contribution in [0.25, 0.3) is 0 Å². The Labute approximate surface area is 157 Å². The van der Waals surface area contributed by atoms with Crippen molar-refractivity contribution in [3.63, 3.8) is 0 Å². The van der Waals surface area contributed by atoms with Crippen LogP contribution in [-0.2, 0) is 25.5 Å². The molecule has 0 fully saturated rings. The van der Waals surface area contributed by atoms with Crippen LogP contribution in [0.2, 0.25) is 0 Å². The molecule has 9 heteroatoms. The molecule has 2 aromatic rings. The van der Waals surface area contributed by atoms with Crippen molar-refractivity contribution in [3.8, 4) is 5.75 Å². The number of aromatic nitrogens is 4. The fourth-order valence-corrected chi connectivity index (χ4v) is 2.42. The van der Waals surface area contributed by atoms with Gasteiger partial charge in [0.2, 0.25) is 0 Å². The number of rotatable bonds is 7. The Morgan fingerprint density at radius 1 is 1.26 bits per heavy atom. The Kier molecular flexibility index (Phi) is 6.49. The summed E-state index contributed by atoms with van der Waals surface area (Å²) >= 11 is 0. The fourth-order valence-electron chi connectivity index (χ4n) is 2.42. The van der Waals surface area contributed by atoms with E-state index in [1.165, 1.54) is 4.68 Å². The molecular formula is C18H24N4O5. The number of esters is 2. The molecule has 0 saturated heterocycles. The summed E-state index contributed by atoms with van der Waals surface area (Å²) in [5.74, 6) is -0.123. The van der Waals surface area contributed by atoms with Crippen LogP contribution in [0.3, 0.4) is 0 Å². The highest BCUT2D eigenvalue weighted by molar-refractivity contribution is 5.79. The van der Waals surface area contributed by atoms with Crippen LogP contribution in [0, 0.1) is 6.92 Å². The van der Waals surface area contributed by atoms with Crippen molar-refractivity contribution in [2.45, 2.75) is 45.8 Å². The zero-order valence-corrected chi connectivity index (χ0v) is 16.1. The Balaban J connectivity index is 2.14. The topological polar surface area (TPSA) is 105 Å². The average Bonchev–Trinajstić information content (AvgIpc) is 3.02. The second-order valence-electron chi connectivity index (χ2n) is 6.94. The Hall–Kier alpha value is -2.97. The van der Waals surface area contributed by atoms with Gasteiger partial charge in [-0.2, -0.15) is 0 Å². The average molecular weight is 376 g/mol. The van der Waals surface area contributed by atoms with Gasteiger partial charge in [0, 0.05) is 6.42 Å². The molecule has 9 nitrogen and oxygen atoms in total. The van der Waals surface area contributed by atoms with Gasteiger partial charge in [-0.15, -0.1) is 5.10 Å². The number of methoxy groups -OCH3 is 1. The highest BCUT2D eigenvalue weighted by Gasteiger charge is 2.27. The highest BCUT2D eigenvalue weighted by atomic mass is 16.6. The van der Waals surface area contributed by atoms with Gasteiger partial charge in [-0.1, -0.05) is 12.1 Å². The van der Waals surface area contributed by atoms with E-state index in [0.717, 1.165) is 5.56 Å². The van der Waals surface area contributed by atoms with Crippen molar-refractivity contribution in [1.82, 2.24) is 20.2 Å². The SMILES string of the molecule is COc1cccc(CC(C(=O)OCC(=O)OC(C)(C)C)n2nnnc2C)c1. The zero-order chi connectivity index (χ0) is 20.0. The van der Waals surface area contributed by atoms with Crippen LogP contribution in [0.4, 0.5) is 0 Å². The zero-order valence-electron chi connectivity index (χ0n) is 16.1. The number of nitrogens with zero attached hydrogens (tertiary/aromatic N) is 4. The van der Waals surface area contributed by atoms with E-state index in [4.69, 9.17) is 14.2 Å². The molecular weight excluding hydrogens is 352 g/mol.